The van der Waals surface area contributed by atoms with Crippen molar-refractivity contribution in [3.63, 3.8) is 0 Å². The number of aromatic nitrogens is 4. The number of halogens is 1. The Kier molecular flexibility index (Phi) is 4.56. The predicted octanol–water partition coefficient (Wildman–Crippen LogP) is 3.22. The van der Waals surface area contributed by atoms with E-state index in [1.54, 1.807) is 15.8 Å². The Hall–Kier alpha value is -2.90. The Balaban J connectivity index is 1.73. The molecule has 1 saturated heterocycles. The van der Waals surface area contributed by atoms with E-state index in [2.05, 4.69) is 20.4 Å². The Morgan fingerprint density at radius 1 is 1.32 bits per heavy atom. The molecule has 0 bridgehead atoms. The number of pyridine rings is 1. The molecule has 1 aliphatic rings. The molecule has 0 radical (unpaired) electrons. The first-order valence-corrected chi connectivity index (χ1v) is 9.50. The molecule has 0 aliphatic carbocycles. The summed E-state index contributed by atoms with van der Waals surface area (Å²) in [5.74, 6) is -0.0844. The number of amides is 1. The SMILES string of the molecule is CNc1c(-c2cnn([C@H]3CCN(C(C)=O)C[C@@H]3F)c2C)cnc2[nH]cc(C)c12. The standard InChI is InChI=1S/C20H25FN6O/c1-11-7-23-20-18(11)19(22-4)15(8-24-20)14-9-25-27(12(14)2)17-5-6-26(13(3)28)10-16(17)21/h7-9,16-17H,5-6,10H2,1-4H3,(H2,22,23,24)/t16-,17-/m0/s1. The number of aromatic amines is 1. The quantitative estimate of drug-likeness (QED) is 0.727. The topological polar surface area (TPSA) is 78.8 Å². The molecule has 0 spiro atoms. The van der Waals surface area contributed by atoms with Crippen molar-refractivity contribution in [1.29, 1.82) is 0 Å². The molecule has 4 rings (SSSR count). The maximum Gasteiger partial charge on any atom is 0.219 e. The van der Waals surface area contributed by atoms with Crippen molar-refractivity contribution in [3.8, 4) is 11.1 Å². The molecule has 0 saturated carbocycles. The van der Waals surface area contributed by atoms with Crippen LogP contribution in [0.4, 0.5) is 10.1 Å². The van der Waals surface area contributed by atoms with E-state index in [0.29, 0.717) is 13.0 Å². The Bertz CT molecular complexity index is 1040. The number of likely N-dealkylation sites (tertiary alicyclic amines) is 1. The van der Waals surface area contributed by atoms with Gasteiger partial charge in [0.25, 0.3) is 0 Å². The number of carbonyl (C=O) groups excluding carboxylic acids is 1. The first-order chi connectivity index (χ1) is 13.4. The van der Waals surface area contributed by atoms with E-state index in [0.717, 1.165) is 39.1 Å². The number of piperidine rings is 1. The summed E-state index contributed by atoms with van der Waals surface area (Å²) in [4.78, 5) is 20.8. The molecule has 2 N–H and O–H groups in total. The minimum atomic E-state index is -1.14. The zero-order valence-corrected chi connectivity index (χ0v) is 16.6. The fraction of sp³-hybridized carbons (Fsp3) is 0.450. The van der Waals surface area contributed by atoms with Gasteiger partial charge in [-0.2, -0.15) is 5.10 Å². The largest absolute Gasteiger partial charge is 0.387 e. The van der Waals surface area contributed by atoms with Crippen molar-refractivity contribution < 1.29 is 9.18 Å². The van der Waals surface area contributed by atoms with Gasteiger partial charge in [0.15, 0.2) is 0 Å². The Morgan fingerprint density at radius 2 is 2.11 bits per heavy atom. The van der Waals surface area contributed by atoms with E-state index in [4.69, 9.17) is 0 Å². The van der Waals surface area contributed by atoms with Crippen LogP contribution in [-0.2, 0) is 4.79 Å². The van der Waals surface area contributed by atoms with Crippen LogP contribution in [0.2, 0.25) is 0 Å². The molecular formula is C20H25FN6O. The van der Waals surface area contributed by atoms with Gasteiger partial charge in [-0.3, -0.25) is 9.48 Å². The highest BCUT2D eigenvalue weighted by molar-refractivity contribution is 6.00. The lowest BCUT2D eigenvalue weighted by Gasteiger charge is -2.34. The van der Waals surface area contributed by atoms with E-state index in [1.807, 2.05) is 33.3 Å². The molecule has 4 heterocycles. The zero-order valence-electron chi connectivity index (χ0n) is 16.6. The van der Waals surface area contributed by atoms with Crippen molar-refractivity contribution in [2.24, 2.45) is 0 Å². The number of aryl methyl sites for hydroxylation is 1. The minimum Gasteiger partial charge on any atom is -0.387 e. The summed E-state index contributed by atoms with van der Waals surface area (Å²) in [6.07, 6.45) is 4.96. The third kappa shape index (κ3) is 2.83. The van der Waals surface area contributed by atoms with Gasteiger partial charge in [0.05, 0.1) is 24.5 Å². The van der Waals surface area contributed by atoms with Crippen molar-refractivity contribution in [2.45, 2.75) is 39.4 Å². The van der Waals surface area contributed by atoms with Crippen LogP contribution < -0.4 is 5.32 Å². The second kappa shape index (κ2) is 6.92. The van der Waals surface area contributed by atoms with Crippen LogP contribution in [0.1, 0.15) is 30.6 Å². The molecule has 8 heteroatoms. The highest BCUT2D eigenvalue weighted by Gasteiger charge is 2.33. The Labute approximate surface area is 162 Å². The average molecular weight is 384 g/mol. The van der Waals surface area contributed by atoms with Gasteiger partial charge in [-0.15, -0.1) is 0 Å². The number of nitrogens with one attached hydrogen (secondary N) is 2. The van der Waals surface area contributed by atoms with Crippen LogP contribution in [0.5, 0.6) is 0 Å². The lowest BCUT2D eigenvalue weighted by Crippen LogP contribution is -2.45. The maximum absolute atomic E-state index is 14.8. The van der Waals surface area contributed by atoms with Gasteiger partial charge in [0, 0.05) is 55.1 Å². The highest BCUT2D eigenvalue weighted by atomic mass is 19.1. The van der Waals surface area contributed by atoms with E-state index in [-0.39, 0.29) is 18.5 Å². The molecule has 3 aromatic heterocycles. The van der Waals surface area contributed by atoms with Gasteiger partial charge in [0.1, 0.15) is 11.8 Å². The number of fused-ring (bicyclic) bond motifs is 1. The number of hydrogen-bond acceptors (Lipinski definition) is 4. The molecule has 7 nitrogen and oxygen atoms in total. The second-order valence-corrected chi connectivity index (χ2v) is 7.42. The number of carbonyl (C=O) groups is 1. The lowest BCUT2D eigenvalue weighted by molar-refractivity contribution is -0.131. The van der Waals surface area contributed by atoms with Crippen LogP contribution in [0, 0.1) is 13.8 Å². The Morgan fingerprint density at radius 3 is 2.79 bits per heavy atom. The number of rotatable bonds is 3. The van der Waals surface area contributed by atoms with E-state index in [1.165, 1.54) is 6.92 Å². The van der Waals surface area contributed by atoms with Gasteiger partial charge in [0.2, 0.25) is 5.91 Å². The summed E-state index contributed by atoms with van der Waals surface area (Å²) < 4.78 is 16.6. The second-order valence-electron chi connectivity index (χ2n) is 7.42. The summed E-state index contributed by atoms with van der Waals surface area (Å²) in [7, 11) is 1.89. The third-order valence-corrected chi connectivity index (χ3v) is 5.75. The van der Waals surface area contributed by atoms with Crippen molar-refractivity contribution >= 4 is 22.6 Å². The normalized spacial score (nSPS) is 20.0. The van der Waals surface area contributed by atoms with E-state index in [9.17, 15) is 9.18 Å². The lowest BCUT2D eigenvalue weighted by atomic mass is 10.0. The van der Waals surface area contributed by atoms with Crippen LogP contribution >= 0.6 is 0 Å². The first kappa shape index (κ1) is 18.5. The summed E-state index contributed by atoms with van der Waals surface area (Å²) in [5.41, 5.74) is 5.69. The average Bonchev–Trinajstić information content (AvgIpc) is 3.24. The summed E-state index contributed by atoms with van der Waals surface area (Å²) in [5, 5.41) is 8.85. The predicted molar refractivity (Wildman–Crippen MR) is 107 cm³/mol. The van der Waals surface area contributed by atoms with Gasteiger partial charge < -0.3 is 15.2 Å². The third-order valence-electron chi connectivity index (χ3n) is 5.75. The van der Waals surface area contributed by atoms with Gasteiger partial charge in [-0.1, -0.05) is 0 Å². The van der Waals surface area contributed by atoms with Crippen molar-refractivity contribution in [1.82, 2.24) is 24.6 Å². The molecule has 148 valence electrons. The molecule has 28 heavy (non-hydrogen) atoms. The molecule has 1 fully saturated rings. The van der Waals surface area contributed by atoms with Gasteiger partial charge in [-0.05, 0) is 25.8 Å². The van der Waals surface area contributed by atoms with Gasteiger partial charge >= 0.3 is 0 Å². The summed E-state index contributed by atoms with van der Waals surface area (Å²) in [6, 6.07) is -0.368. The molecule has 3 aromatic rings. The number of nitrogens with zero attached hydrogens (tertiary/aromatic N) is 4. The van der Waals surface area contributed by atoms with E-state index < -0.39 is 6.17 Å². The number of alkyl halides is 1. The number of hydrogen-bond donors (Lipinski definition) is 2. The highest BCUT2D eigenvalue weighted by Crippen LogP contribution is 2.37. The molecule has 0 unspecified atom stereocenters. The summed E-state index contributed by atoms with van der Waals surface area (Å²) >= 11 is 0. The molecule has 2 atom stereocenters. The first-order valence-electron chi connectivity index (χ1n) is 9.50. The number of H-pyrrole nitrogens is 1. The van der Waals surface area contributed by atoms with Crippen molar-refractivity contribution in [2.75, 3.05) is 25.5 Å². The number of anilines is 1. The van der Waals surface area contributed by atoms with E-state index >= 15 is 0 Å². The summed E-state index contributed by atoms with van der Waals surface area (Å²) in [6.45, 7) is 6.15. The van der Waals surface area contributed by atoms with Gasteiger partial charge in [-0.25, -0.2) is 9.37 Å². The van der Waals surface area contributed by atoms with Crippen LogP contribution in [0.25, 0.3) is 22.2 Å². The maximum atomic E-state index is 14.8. The fourth-order valence-electron chi connectivity index (χ4n) is 4.19. The van der Waals surface area contributed by atoms with Crippen LogP contribution in [0.15, 0.2) is 18.6 Å². The van der Waals surface area contributed by atoms with Crippen LogP contribution in [0.3, 0.4) is 0 Å². The molecule has 0 aromatic carbocycles. The smallest absolute Gasteiger partial charge is 0.219 e. The fourth-order valence-corrected chi connectivity index (χ4v) is 4.19. The molecule has 1 amide bonds. The molecular weight excluding hydrogens is 359 g/mol. The monoisotopic (exact) mass is 384 g/mol. The molecule has 1 aliphatic heterocycles. The minimum absolute atomic E-state index is 0.0844. The van der Waals surface area contributed by atoms with Crippen molar-refractivity contribution in [3.05, 3.63) is 29.8 Å². The zero-order chi connectivity index (χ0) is 20.0. The van der Waals surface area contributed by atoms with Crippen LogP contribution in [-0.4, -0.2) is 56.9 Å².